The second kappa shape index (κ2) is 6.86. The number of hydrogen-bond donors (Lipinski definition) is 1. The second-order valence-corrected chi connectivity index (χ2v) is 5.88. The van der Waals surface area contributed by atoms with Gasteiger partial charge in [0.05, 0.1) is 6.20 Å². The molecule has 0 spiro atoms. The molecule has 2 aromatic rings. The van der Waals surface area contributed by atoms with Crippen LogP contribution in [0.4, 0.5) is 0 Å². The number of rotatable bonds is 5. The molecule has 0 bridgehead atoms. The Labute approximate surface area is 128 Å². The van der Waals surface area contributed by atoms with Gasteiger partial charge in [0.15, 0.2) is 0 Å². The van der Waals surface area contributed by atoms with Gasteiger partial charge in [0.2, 0.25) is 0 Å². The summed E-state index contributed by atoms with van der Waals surface area (Å²) in [6.45, 7) is 7.06. The summed E-state index contributed by atoms with van der Waals surface area (Å²) < 4.78 is 6.83. The lowest BCUT2D eigenvalue weighted by Gasteiger charge is -2.11. The van der Waals surface area contributed by atoms with E-state index in [2.05, 4.69) is 46.1 Å². The van der Waals surface area contributed by atoms with Crippen molar-refractivity contribution >= 4 is 15.9 Å². The summed E-state index contributed by atoms with van der Waals surface area (Å²) >= 11 is 3.59. The summed E-state index contributed by atoms with van der Waals surface area (Å²) in [5.74, 6) is 1.55. The molecule has 20 heavy (non-hydrogen) atoms. The molecule has 1 heterocycles. The lowest BCUT2D eigenvalue weighted by molar-refractivity contribution is 0.479. The minimum atomic E-state index is 0.469. The van der Waals surface area contributed by atoms with Crippen LogP contribution in [0.2, 0.25) is 0 Å². The third-order valence-corrected chi connectivity index (χ3v) is 3.58. The molecule has 3 nitrogen and oxygen atoms in total. The molecule has 0 aliphatic rings. The van der Waals surface area contributed by atoms with Gasteiger partial charge in [-0.1, -0.05) is 35.8 Å². The highest BCUT2D eigenvalue weighted by Gasteiger charge is 2.04. The quantitative estimate of drug-likeness (QED) is 0.877. The van der Waals surface area contributed by atoms with Gasteiger partial charge in [-0.2, -0.15) is 0 Å². The van der Waals surface area contributed by atoms with E-state index in [0.717, 1.165) is 28.2 Å². The SMILES string of the molecule is Cc1ccc(Oc2ccc(CNC(C)C)c(Br)c2)cn1. The number of benzene rings is 1. The van der Waals surface area contributed by atoms with Crippen molar-refractivity contribution in [2.24, 2.45) is 0 Å². The number of hydrogen-bond acceptors (Lipinski definition) is 3. The standard InChI is InChI=1S/C16H19BrN2O/c1-11(2)18-9-13-5-7-14(8-16(13)17)20-15-6-4-12(3)19-10-15/h4-8,10-11,18H,9H2,1-3H3. The highest BCUT2D eigenvalue weighted by atomic mass is 79.9. The topological polar surface area (TPSA) is 34.1 Å². The molecule has 1 N–H and O–H groups in total. The van der Waals surface area contributed by atoms with Crippen molar-refractivity contribution in [3.8, 4) is 11.5 Å². The van der Waals surface area contributed by atoms with Gasteiger partial charge in [0.1, 0.15) is 11.5 Å². The van der Waals surface area contributed by atoms with Crippen LogP contribution >= 0.6 is 15.9 Å². The molecule has 2 rings (SSSR count). The fourth-order valence-corrected chi connectivity index (χ4v) is 2.20. The molecule has 0 radical (unpaired) electrons. The first-order valence-corrected chi connectivity index (χ1v) is 7.46. The molecule has 0 fully saturated rings. The molecule has 4 heteroatoms. The van der Waals surface area contributed by atoms with Crippen LogP contribution in [0.25, 0.3) is 0 Å². The zero-order valence-corrected chi connectivity index (χ0v) is 13.6. The minimum absolute atomic E-state index is 0.469. The van der Waals surface area contributed by atoms with Crippen LogP contribution in [-0.2, 0) is 6.54 Å². The van der Waals surface area contributed by atoms with Crippen LogP contribution in [0, 0.1) is 6.92 Å². The van der Waals surface area contributed by atoms with Gasteiger partial charge in [-0.05, 0) is 36.8 Å². The Kier molecular flexibility index (Phi) is 5.15. The molecule has 1 aromatic carbocycles. The summed E-state index contributed by atoms with van der Waals surface area (Å²) in [6, 6.07) is 10.3. The number of pyridine rings is 1. The molecule has 0 unspecified atom stereocenters. The van der Waals surface area contributed by atoms with Crippen LogP contribution in [0.15, 0.2) is 41.0 Å². The van der Waals surface area contributed by atoms with Gasteiger partial charge in [0, 0.05) is 22.8 Å². The van der Waals surface area contributed by atoms with E-state index >= 15 is 0 Å². The average Bonchev–Trinajstić information content (AvgIpc) is 2.40. The maximum Gasteiger partial charge on any atom is 0.145 e. The van der Waals surface area contributed by atoms with E-state index < -0.39 is 0 Å². The van der Waals surface area contributed by atoms with E-state index in [0.29, 0.717) is 6.04 Å². The maximum atomic E-state index is 5.78. The Morgan fingerprint density at radius 3 is 2.55 bits per heavy atom. The minimum Gasteiger partial charge on any atom is -0.456 e. The van der Waals surface area contributed by atoms with Crippen LogP contribution < -0.4 is 10.1 Å². The number of halogens is 1. The number of aromatic nitrogens is 1. The Balaban J connectivity index is 2.06. The fraction of sp³-hybridized carbons (Fsp3) is 0.312. The van der Waals surface area contributed by atoms with E-state index in [1.165, 1.54) is 5.56 Å². The van der Waals surface area contributed by atoms with Crippen molar-refractivity contribution in [1.82, 2.24) is 10.3 Å². The van der Waals surface area contributed by atoms with Crippen molar-refractivity contribution in [3.05, 3.63) is 52.3 Å². The molecular formula is C16H19BrN2O. The lowest BCUT2D eigenvalue weighted by atomic mass is 10.2. The van der Waals surface area contributed by atoms with E-state index in [9.17, 15) is 0 Å². The van der Waals surface area contributed by atoms with Gasteiger partial charge in [-0.15, -0.1) is 0 Å². The first-order chi connectivity index (χ1) is 9.54. The molecule has 1 aromatic heterocycles. The highest BCUT2D eigenvalue weighted by Crippen LogP contribution is 2.27. The van der Waals surface area contributed by atoms with E-state index in [1.807, 2.05) is 31.2 Å². The van der Waals surface area contributed by atoms with Crippen molar-refractivity contribution in [3.63, 3.8) is 0 Å². The largest absolute Gasteiger partial charge is 0.456 e. The van der Waals surface area contributed by atoms with Crippen molar-refractivity contribution in [1.29, 1.82) is 0 Å². The van der Waals surface area contributed by atoms with Crippen LogP contribution in [0.5, 0.6) is 11.5 Å². The maximum absolute atomic E-state index is 5.78. The van der Waals surface area contributed by atoms with E-state index in [4.69, 9.17) is 4.74 Å². The third-order valence-electron chi connectivity index (χ3n) is 2.85. The summed E-state index contributed by atoms with van der Waals surface area (Å²) in [7, 11) is 0. The van der Waals surface area contributed by atoms with Gasteiger partial charge in [0.25, 0.3) is 0 Å². The van der Waals surface area contributed by atoms with E-state index in [-0.39, 0.29) is 0 Å². The summed E-state index contributed by atoms with van der Waals surface area (Å²) in [5, 5.41) is 3.40. The third kappa shape index (κ3) is 4.32. The number of aryl methyl sites for hydroxylation is 1. The predicted molar refractivity (Wildman–Crippen MR) is 85.2 cm³/mol. The summed E-state index contributed by atoms with van der Waals surface area (Å²) in [6.07, 6.45) is 1.73. The van der Waals surface area contributed by atoms with Gasteiger partial charge in [-0.25, -0.2) is 0 Å². The normalized spacial score (nSPS) is 10.8. The van der Waals surface area contributed by atoms with Crippen molar-refractivity contribution < 1.29 is 4.74 Å². The van der Waals surface area contributed by atoms with Crippen LogP contribution in [-0.4, -0.2) is 11.0 Å². The van der Waals surface area contributed by atoms with Gasteiger partial charge >= 0.3 is 0 Å². The van der Waals surface area contributed by atoms with Crippen molar-refractivity contribution in [2.45, 2.75) is 33.4 Å². The molecule has 0 aliphatic carbocycles. The number of ether oxygens (including phenoxy) is 1. The Hall–Kier alpha value is -1.39. The molecule has 0 atom stereocenters. The monoisotopic (exact) mass is 334 g/mol. The molecule has 106 valence electrons. The Morgan fingerprint density at radius 2 is 1.95 bits per heavy atom. The Morgan fingerprint density at radius 1 is 1.20 bits per heavy atom. The smallest absolute Gasteiger partial charge is 0.145 e. The first-order valence-electron chi connectivity index (χ1n) is 6.67. The number of nitrogens with zero attached hydrogens (tertiary/aromatic N) is 1. The predicted octanol–water partition coefficient (Wildman–Crippen LogP) is 4.44. The average molecular weight is 335 g/mol. The summed E-state index contributed by atoms with van der Waals surface area (Å²) in [4.78, 5) is 4.22. The summed E-state index contributed by atoms with van der Waals surface area (Å²) in [5.41, 5.74) is 2.20. The van der Waals surface area contributed by atoms with Crippen LogP contribution in [0.3, 0.4) is 0 Å². The zero-order chi connectivity index (χ0) is 14.5. The molecule has 0 amide bonds. The molecule has 0 saturated carbocycles. The Bertz CT molecular complexity index is 567. The van der Waals surface area contributed by atoms with Crippen molar-refractivity contribution in [2.75, 3.05) is 0 Å². The molecule has 0 saturated heterocycles. The zero-order valence-electron chi connectivity index (χ0n) is 12.0. The van der Waals surface area contributed by atoms with Gasteiger partial charge in [-0.3, -0.25) is 4.98 Å². The van der Waals surface area contributed by atoms with Crippen LogP contribution in [0.1, 0.15) is 25.1 Å². The fourth-order valence-electron chi connectivity index (χ4n) is 1.70. The van der Waals surface area contributed by atoms with Gasteiger partial charge < -0.3 is 10.1 Å². The molecular weight excluding hydrogens is 316 g/mol. The lowest BCUT2D eigenvalue weighted by Crippen LogP contribution is -2.21. The van der Waals surface area contributed by atoms with E-state index in [1.54, 1.807) is 6.20 Å². The second-order valence-electron chi connectivity index (χ2n) is 5.03. The number of nitrogens with one attached hydrogen (secondary N) is 1. The molecule has 0 aliphatic heterocycles. The first kappa shape index (κ1) is 15.0. The highest BCUT2D eigenvalue weighted by molar-refractivity contribution is 9.10.